The molecule has 1 aliphatic rings. The summed E-state index contributed by atoms with van der Waals surface area (Å²) >= 11 is 0. The van der Waals surface area contributed by atoms with Gasteiger partial charge in [-0.1, -0.05) is 0 Å². The Morgan fingerprint density at radius 2 is 2.19 bits per heavy atom. The van der Waals surface area contributed by atoms with E-state index in [1.54, 1.807) is 12.1 Å². The quantitative estimate of drug-likeness (QED) is 0.867. The lowest BCUT2D eigenvalue weighted by Crippen LogP contribution is -2.36. The van der Waals surface area contributed by atoms with Crippen molar-refractivity contribution in [1.29, 1.82) is 5.26 Å². The number of nitriles is 1. The Labute approximate surface area is 122 Å². The lowest BCUT2D eigenvalue weighted by molar-refractivity contribution is 0.411. The molecule has 0 bridgehead atoms. The van der Waals surface area contributed by atoms with E-state index < -0.39 is 0 Å². The molecule has 0 radical (unpaired) electrons. The first-order chi connectivity index (χ1) is 10.3. The maximum absolute atomic E-state index is 8.77. The van der Waals surface area contributed by atoms with E-state index in [1.807, 2.05) is 6.07 Å². The van der Waals surface area contributed by atoms with E-state index >= 15 is 0 Å². The van der Waals surface area contributed by atoms with E-state index in [-0.39, 0.29) is 0 Å². The highest BCUT2D eigenvalue weighted by molar-refractivity contribution is 5.52. The molecule has 108 valence electrons. The highest BCUT2D eigenvalue weighted by atomic mass is 15.4. The van der Waals surface area contributed by atoms with Gasteiger partial charge in [-0.15, -0.1) is 5.10 Å². The van der Waals surface area contributed by atoms with E-state index in [1.165, 1.54) is 6.20 Å². The fourth-order valence-electron chi connectivity index (χ4n) is 2.48. The van der Waals surface area contributed by atoms with Crippen LogP contribution in [0, 0.1) is 17.2 Å². The van der Waals surface area contributed by atoms with Crippen LogP contribution in [-0.4, -0.2) is 39.8 Å². The molecule has 0 saturated carbocycles. The number of pyridine rings is 1. The van der Waals surface area contributed by atoms with Crippen LogP contribution < -0.4 is 10.6 Å². The summed E-state index contributed by atoms with van der Waals surface area (Å²) in [6, 6.07) is 5.53. The van der Waals surface area contributed by atoms with E-state index in [4.69, 9.17) is 11.0 Å². The third-order valence-corrected chi connectivity index (χ3v) is 3.84. The fraction of sp³-hybridized carbons (Fsp3) is 0.429. The zero-order valence-corrected chi connectivity index (χ0v) is 11.7. The Morgan fingerprint density at radius 3 is 2.81 bits per heavy atom. The molecule has 2 aromatic rings. The third kappa shape index (κ3) is 2.85. The first-order valence-electron chi connectivity index (χ1n) is 7.04. The van der Waals surface area contributed by atoms with Crippen molar-refractivity contribution in [2.45, 2.75) is 12.8 Å². The average Bonchev–Trinajstić information content (AvgIpc) is 3.05. The first kappa shape index (κ1) is 13.5. The Hall–Kier alpha value is -2.46. The van der Waals surface area contributed by atoms with Crippen LogP contribution in [-0.2, 0) is 0 Å². The summed E-state index contributed by atoms with van der Waals surface area (Å²) in [4.78, 5) is 10.9. The van der Waals surface area contributed by atoms with Gasteiger partial charge >= 0.3 is 0 Å². The maximum atomic E-state index is 8.77. The van der Waals surface area contributed by atoms with Crippen LogP contribution in [0.15, 0.2) is 18.3 Å². The number of rotatable bonds is 3. The number of H-pyrrole nitrogens is 1. The van der Waals surface area contributed by atoms with Gasteiger partial charge < -0.3 is 10.6 Å². The van der Waals surface area contributed by atoms with Crippen LogP contribution in [0.5, 0.6) is 0 Å². The van der Waals surface area contributed by atoms with Gasteiger partial charge in [0.05, 0.1) is 5.56 Å². The largest absolute Gasteiger partial charge is 0.340 e. The minimum atomic E-state index is 0.530. The zero-order chi connectivity index (χ0) is 14.7. The number of hydrogen-bond donors (Lipinski definition) is 2. The van der Waals surface area contributed by atoms with E-state index in [0.29, 0.717) is 28.9 Å². The molecule has 0 aliphatic carbocycles. The minimum absolute atomic E-state index is 0.530. The van der Waals surface area contributed by atoms with Crippen molar-refractivity contribution in [3.8, 4) is 17.6 Å². The predicted octanol–water partition coefficient (Wildman–Crippen LogP) is 0.913. The summed E-state index contributed by atoms with van der Waals surface area (Å²) in [5.41, 5.74) is 6.92. The van der Waals surface area contributed by atoms with Crippen molar-refractivity contribution in [1.82, 2.24) is 20.2 Å². The molecule has 0 atom stereocenters. The standard InChI is InChI=1S/C14H17N7/c15-7-10-3-5-21(6-4-10)14-18-13(19-20-14)12-2-1-11(8-16)9-17-12/h1-2,9-10H,3-7,15H2,(H,18,19,20). The molecule has 1 fully saturated rings. The van der Waals surface area contributed by atoms with Crippen LogP contribution in [0.2, 0.25) is 0 Å². The molecular formula is C14H17N7. The van der Waals surface area contributed by atoms with Crippen molar-refractivity contribution in [2.24, 2.45) is 11.7 Å². The summed E-state index contributed by atoms with van der Waals surface area (Å²) in [6.45, 7) is 2.61. The average molecular weight is 283 g/mol. The molecule has 0 aromatic carbocycles. The fourth-order valence-corrected chi connectivity index (χ4v) is 2.48. The maximum Gasteiger partial charge on any atom is 0.245 e. The van der Waals surface area contributed by atoms with Crippen molar-refractivity contribution in [2.75, 3.05) is 24.5 Å². The Bertz CT molecular complexity index is 632. The second kappa shape index (κ2) is 5.89. The molecule has 7 nitrogen and oxygen atoms in total. The number of aromatic amines is 1. The molecule has 1 aliphatic heterocycles. The molecule has 3 heterocycles. The molecule has 21 heavy (non-hydrogen) atoms. The smallest absolute Gasteiger partial charge is 0.245 e. The highest BCUT2D eigenvalue weighted by Gasteiger charge is 2.21. The number of nitrogens with zero attached hydrogens (tertiary/aromatic N) is 5. The lowest BCUT2D eigenvalue weighted by atomic mass is 9.97. The van der Waals surface area contributed by atoms with Crippen molar-refractivity contribution in [3.63, 3.8) is 0 Å². The number of piperidine rings is 1. The van der Waals surface area contributed by atoms with Crippen molar-refractivity contribution in [3.05, 3.63) is 23.9 Å². The molecule has 0 unspecified atom stereocenters. The number of aromatic nitrogens is 4. The van der Waals surface area contributed by atoms with Crippen LogP contribution in [0.1, 0.15) is 18.4 Å². The third-order valence-electron chi connectivity index (χ3n) is 3.84. The number of nitrogens with one attached hydrogen (secondary N) is 1. The molecule has 0 amide bonds. The van der Waals surface area contributed by atoms with Crippen LogP contribution in [0.25, 0.3) is 11.5 Å². The molecular weight excluding hydrogens is 266 g/mol. The molecule has 7 heteroatoms. The van der Waals surface area contributed by atoms with Gasteiger partial charge in [-0.05, 0) is 37.4 Å². The summed E-state index contributed by atoms with van der Waals surface area (Å²) in [6.07, 6.45) is 3.69. The molecule has 2 aromatic heterocycles. The van der Waals surface area contributed by atoms with Crippen LogP contribution >= 0.6 is 0 Å². The Balaban J connectivity index is 1.73. The predicted molar refractivity (Wildman–Crippen MR) is 78.3 cm³/mol. The summed E-state index contributed by atoms with van der Waals surface area (Å²) in [7, 11) is 0. The van der Waals surface area contributed by atoms with E-state index in [2.05, 4.69) is 25.1 Å². The van der Waals surface area contributed by atoms with E-state index in [0.717, 1.165) is 32.5 Å². The Morgan fingerprint density at radius 1 is 1.38 bits per heavy atom. The van der Waals surface area contributed by atoms with Gasteiger partial charge in [-0.2, -0.15) is 10.2 Å². The number of nitrogens with two attached hydrogens (primary N) is 1. The van der Waals surface area contributed by atoms with Crippen molar-refractivity contribution < 1.29 is 0 Å². The second-order valence-electron chi connectivity index (χ2n) is 5.19. The van der Waals surface area contributed by atoms with Gasteiger partial charge in [0.2, 0.25) is 5.95 Å². The molecule has 3 N–H and O–H groups in total. The second-order valence-corrected chi connectivity index (χ2v) is 5.19. The van der Waals surface area contributed by atoms with Gasteiger partial charge in [0.15, 0.2) is 5.82 Å². The summed E-state index contributed by atoms with van der Waals surface area (Å²) in [5, 5.41) is 15.9. The van der Waals surface area contributed by atoms with Crippen LogP contribution in [0.3, 0.4) is 0 Å². The van der Waals surface area contributed by atoms with Gasteiger partial charge in [0.1, 0.15) is 11.8 Å². The molecule has 3 rings (SSSR count). The van der Waals surface area contributed by atoms with Gasteiger partial charge in [0, 0.05) is 19.3 Å². The normalized spacial score (nSPS) is 15.9. The number of anilines is 1. The number of hydrogen-bond acceptors (Lipinski definition) is 6. The monoisotopic (exact) mass is 283 g/mol. The van der Waals surface area contributed by atoms with Crippen LogP contribution in [0.4, 0.5) is 5.95 Å². The Kier molecular flexibility index (Phi) is 3.79. The van der Waals surface area contributed by atoms with Gasteiger partial charge in [-0.3, -0.25) is 10.1 Å². The molecule has 0 spiro atoms. The topological polar surface area (TPSA) is 108 Å². The highest BCUT2D eigenvalue weighted by Crippen LogP contribution is 2.21. The lowest BCUT2D eigenvalue weighted by Gasteiger charge is -2.30. The SMILES string of the molecule is N#Cc1ccc(-c2nc(N3CCC(CN)CC3)n[nH]2)nc1. The summed E-state index contributed by atoms with van der Waals surface area (Å²) < 4.78 is 0. The minimum Gasteiger partial charge on any atom is -0.340 e. The van der Waals surface area contributed by atoms with Crippen molar-refractivity contribution >= 4 is 5.95 Å². The summed E-state index contributed by atoms with van der Waals surface area (Å²) in [5.74, 6) is 1.93. The zero-order valence-electron chi connectivity index (χ0n) is 11.7. The molecule has 1 saturated heterocycles. The first-order valence-corrected chi connectivity index (χ1v) is 7.04. The van der Waals surface area contributed by atoms with E-state index in [9.17, 15) is 0 Å². The van der Waals surface area contributed by atoms with Gasteiger partial charge in [0.25, 0.3) is 0 Å². The van der Waals surface area contributed by atoms with Gasteiger partial charge in [-0.25, -0.2) is 0 Å².